The highest BCUT2D eigenvalue weighted by Gasteiger charge is 2.43. The lowest BCUT2D eigenvalue weighted by Crippen LogP contribution is -2.47. The van der Waals surface area contributed by atoms with Crippen molar-refractivity contribution in [2.75, 3.05) is 6.61 Å². The number of imide groups is 1. The fraction of sp³-hybridized carbons (Fsp3) is 0.154. The van der Waals surface area contributed by atoms with Crippen molar-refractivity contribution in [3.8, 4) is 0 Å². The molecule has 0 aliphatic carbocycles. The molecule has 0 aromatic heterocycles. The Bertz CT molecular complexity index is 1280. The number of nitrogens with zero attached hydrogens (tertiary/aromatic N) is 3. The molecular weight excluding hydrogens is 450 g/mol. The molecule has 1 aliphatic heterocycles. The number of nitro groups is 1. The van der Waals surface area contributed by atoms with Crippen LogP contribution in [0.4, 0.5) is 11.4 Å². The monoisotopic (exact) mass is 471 g/mol. The van der Waals surface area contributed by atoms with Gasteiger partial charge in [-0.15, -0.1) is 0 Å². The Morgan fingerprint density at radius 1 is 1.00 bits per heavy atom. The molecule has 1 atom stereocenters. The Kier molecular flexibility index (Phi) is 6.77. The van der Waals surface area contributed by atoms with E-state index in [2.05, 4.69) is 4.99 Å². The van der Waals surface area contributed by atoms with Gasteiger partial charge >= 0.3 is 5.97 Å². The summed E-state index contributed by atoms with van der Waals surface area (Å²) >= 11 is 0. The second-order valence-electron chi connectivity index (χ2n) is 7.77. The average molecular weight is 471 g/mol. The molecule has 0 saturated carbocycles. The molecule has 3 aromatic rings. The van der Waals surface area contributed by atoms with Gasteiger partial charge in [0, 0.05) is 24.8 Å². The summed E-state index contributed by atoms with van der Waals surface area (Å²) < 4.78 is 5.17. The number of hydrogen-bond acceptors (Lipinski definition) is 7. The van der Waals surface area contributed by atoms with Gasteiger partial charge in [-0.25, -0.2) is 4.79 Å². The normalized spacial score (nSPS) is 13.7. The third kappa shape index (κ3) is 4.98. The zero-order valence-corrected chi connectivity index (χ0v) is 18.8. The Labute approximate surface area is 200 Å². The lowest BCUT2D eigenvalue weighted by molar-refractivity contribution is -0.384. The van der Waals surface area contributed by atoms with E-state index in [-0.39, 0.29) is 29.8 Å². The number of amides is 2. The van der Waals surface area contributed by atoms with Crippen LogP contribution in [0.5, 0.6) is 0 Å². The SMILES string of the molecule is CCOC(=O)C(Cc1ccc(N=Cc2ccc([N+](=O)[O-])cc2)cc1)N1C(=O)c2ccccc2C1=O. The summed E-state index contributed by atoms with van der Waals surface area (Å²) in [5, 5.41) is 10.8. The molecule has 1 heterocycles. The second kappa shape index (κ2) is 10.1. The smallest absolute Gasteiger partial charge is 0.329 e. The molecule has 176 valence electrons. The van der Waals surface area contributed by atoms with Crippen LogP contribution < -0.4 is 0 Å². The van der Waals surface area contributed by atoms with Gasteiger partial charge in [-0.3, -0.25) is 29.6 Å². The van der Waals surface area contributed by atoms with Crippen molar-refractivity contribution in [1.29, 1.82) is 0 Å². The number of benzene rings is 3. The highest BCUT2D eigenvalue weighted by atomic mass is 16.6. The van der Waals surface area contributed by atoms with Crippen molar-refractivity contribution in [2.45, 2.75) is 19.4 Å². The van der Waals surface area contributed by atoms with Crippen molar-refractivity contribution in [3.63, 3.8) is 0 Å². The van der Waals surface area contributed by atoms with Crippen LogP contribution in [0, 0.1) is 10.1 Å². The Morgan fingerprint density at radius 2 is 1.60 bits per heavy atom. The molecule has 0 spiro atoms. The minimum absolute atomic E-state index is 0.000665. The first-order chi connectivity index (χ1) is 16.9. The first-order valence-corrected chi connectivity index (χ1v) is 10.9. The lowest BCUT2D eigenvalue weighted by atomic mass is 10.0. The van der Waals surface area contributed by atoms with Gasteiger partial charge in [0.2, 0.25) is 0 Å². The number of ether oxygens (including phenoxy) is 1. The van der Waals surface area contributed by atoms with Crippen LogP contribution in [0.3, 0.4) is 0 Å². The number of carbonyl (C=O) groups excluding carboxylic acids is 3. The molecule has 4 rings (SSSR count). The second-order valence-corrected chi connectivity index (χ2v) is 7.77. The fourth-order valence-electron chi connectivity index (χ4n) is 3.78. The molecule has 1 unspecified atom stereocenters. The standard InChI is InChI=1S/C26H21N3O6/c1-2-35-26(32)23(28-24(30)21-5-3-4-6-22(21)25(28)31)15-17-7-11-19(12-8-17)27-16-18-9-13-20(14-10-18)29(33)34/h3-14,16,23H,2,15H2,1H3. The number of carbonyl (C=O) groups is 3. The minimum Gasteiger partial charge on any atom is -0.464 e. The molecule has 0 bridgehead atoms. The Hall–Kier alpha value is -4.66. The van der Waals surface area contributed by atoms with Gasteiger partial charge in [0.15, 0.2) is 0 Å². The van der Waals surface area contributed by atoms with E-state index < -0.39 is 28.7 Å². The lowest BCUT2D eigenvalue weighted by Gasteiger charge is -2.24. The topological polar surface area (TPSA) is 119 Å². The average Bonchev–Trinajstić information content (AvgIpc) is 3.12. The molecule has 0 N–H and O–H groups in total. The zero-order chi connectivity index (χ0) is 24.9. The molecular formula is C26H21N3O6. The van der Waals surface area contributed by atoms with Gasteiger partial charge < -0.3 is 4.74 Å². The van der Waals surface area contributed by atoms with E-state index >= 15 is 0 Å². The highest BCUT2D eigenvalue weighted by molar-refractivity contribution is 6.22. The third-order valence-electron chi connectivity index (χ3n) is 5.53. The van der Waals surface area contributed by atoms with Crippen molar-refractivity contribution in [3.05, 3.63) is 105 Å². The molecule has 9 nitrogen and oxygen atoms in total. The molecule has 0 fully saturated rings. The summed E-state index contributed by atoms with van der Waals surface area (Å²) in [6, 6.07) is 18.4. The van der Waals surface area contributed by atoms with E-state index in [0.717, 1.165) is 4.90 Å². The van der Waals surface area contributed by atoms with Crippen LogP contribution >= 0.6 is 0 Å². The van der Waals surface area contributed by atoms with Crippen LogP contribution in [0.15, 0.2) is 77.8 Å². The van der Waals surface area contributed by atoms with Crippen molar-refractivity contribution >= 4 is 35.4 Å². The number of hydrogen-bond donors (Lipinski definition) is 0. The van der Waals surface area contributed by atoms with E-state index in [4.69, 9.17) is 4.74 Å². The third-order valence-corrected chi connectivity index (χ3v) is 5.53. The maximum atomic E-state index is 12.9. The van der Waals surface area contributed by atoms with Crippen molar-refractivity contribution in [2.24, 2.45) is 4.99 Å². The molecule has 9 heteroatoms. The zero-order valence-electron chi connectivity index (χ0n) is 18.8. The summed E-state index contributed by atoms with van der Waals surface area (Å²) in [5.74, 6) is -1.69. The van der Waals surface area contributed by atoms with E-state index in [1.807, 2.05) is 0 Å². The fourth-order valence-corrected chi connectivity index (χ4v) is 3.78. The van der Waals surface area contributed by atoms with Crippen molar-refractivity contribution in [1.82, 2.24) is 4.90 Å². The highest BCUT2D eigenvalue weighted by Crippen LogP contribution is 2.27. The Balaban J connectivity index is 1.51. The van der Waals surface area contributed by atoms with Gasteiger partial charge in [-0.1, -0.05) is 24.3 Å². The van der Waals surface area contributed by atoms with E-state index in [1.54, 1.807) is 73.8 Å². The van der Waals surface area contributed by atoms with Gasteiger partial charge in [0.1, 0.15) is 6.04 Å². The maximum absolute atomic E-state index is 12.9. The predicted octanol–water partition coefficient (Wildman–Crippen LogP) is 4.12. The number of fused-ring (bicyclic) bond motifs is 1. The first kappa shape index (κ1) is 23.5. The van der Waals surface area contributed by atoms with E-state index in [0.29, 0.717) is 16.8 Å². The molecule has 3 aromatic carbocycles. The van der Waals surface area contributed by atoms with Crippen molar-refractivity contribution < 1.29 is 24.0 Å². The summed E-state index contributed by atoms with van der Waals surface area (Å²) in [6.45, 7) is 1.78. The molecule has 1 aliphatic rings. The van der Waals surface area contributed by atoms with Crippen LogP contribution in [-0.4, -0.2) is 46.5 Å². The predicted molar refractivity (Wildman–Crippen MR) is 128 cm³/mol. The van der Waals surface area contributed by atoms with Crippen LogP contribution in [-0.2, 0) is 16.0 Å². The van der Waals surface area contributed by atoms with Gasteiger partial charge in [0.05, 0.1) is 28.3 Å². The maximum Gasteiger partial charge on any atom is 0.329 e. The summed E-state index contributed by atoms with van der Waals surface area (Å²) in [5.41, 5.74) is 2.58. The quantitative estimate of drug-likeness (QED) is 0.160. The number of aliphatic imine (C=N–C) groups is 1. The van der Waals surface area contributed by atoms with Crippen LogP contribution in [0.1, 0.15) is 38.8 Å². The molecule has 0 saturated heterocycles. The van der Waals surface area contributed by atoms with Crippen LogP contribution in [0.2, 0.25) is 0 Å². The largest absolute Gasteiger partial charge is 0.464 e. The first-order valence-electron chi connectivity index (χ1n) is 10.9. The number of non-ortho nitro benzene ring substituents is 1. The minimum atomic E-state index is -1.10. The number of esters is 1. The van der Waals surface area contributed by atoms with Gasteiger partial charge in [-0.05, 0) is 54.4 Å². The van der Waals surface area contributed by atoms with E-state index in [1.165, 1.54) is 12.1 Å². The summed E-state index contributed by atoms with van der Waals surface area (Å²) in [4.78, 5) is 54.2. The van der Waals surface area contributed by atoms with Gasteiger partial charge in [-0.2, -0.15) is 0 Å². The van der Waals surface area contributed by atoms with E-state index in [9.17, 15) is 24.5 Å². The number of nitro benzene ring substituents is 1. The molecule has 35 heavy (non-hydrogen) atoms. The number of rotatable bonds is 8. The van der Waals surface area contributed by atoms with Gasteiger partial charge in [0.25, 0.3) is 17.5 Å². The van der Waals surface area contributed by atoms with Crippen LogP contribution in [0.25, 0.3) is 0 Å². The summed E-state index contributed by atoms with van der Waals surface area (Å²) in [7, 11) is 0. The Morgan fingerprint density at radius 3 is 2.14 bits per heavy atom. The molecule has 0 radical (unpaired) electrons. The summed E-state index contributed by atoms with van der Waals surface area (Å²) in [6.07, 6.45) is 1.68. The molecule has 2 amide bonds.